The second-order valence-corrected chi connectivity index (χ2v) is 7.21. The first-order valence-electron chi connectivity index (χ1n) is 9.43. The molecule has 0 aliphatic rings. The Labute approximate surface area is 161 Å². The van der Waals surface area contributed by atoms with Crippen LogP contribution in [-0.2, 0) is 11.3 Å². The predicted octanol–water partition coefficient (Wildman–Crippen LogP) is 3.78. The van der Waals surface area contributed by atoms with Gasteiger partial charge in [0.05, 0.1) is 18.2 Å². The largest absolute Gasteiger partial charge is 0.445 e. The zero-order valence-electron chi connectivity index (χ0n) is 16.0. The highest BCUT2D eigenvalue weighted by atomic mass is 16.5. The number of alkyl carbamates (subject to hydrolysis) is 1. The number of aliphatic hydroxyl groups is 1. The molecule has 5 heteroatoms. The van der Waals surface area contributed by atoms with Gasteiger partial charge in [-0.2, -0.15) is 0 Å². The molecule has 0 radical (unpaired) electrons. The standard InChI is InChI=1S/C22H30N2O3/c1-16(2)13-14-19(25)21(20(23)18-11-7-4-8-12-18)24-22(26)27-15-17-9-5-3-6-10-17/h3-12,16,19-21,25H,13-15,23H2,1-2H3,(H,24,26)/t19-,20?,21-/m1/s1. The lowest BCUT2D eigenvalue weighted by Gasteiger charge is -2.30. The number of nitrogens with two attached hydrogens (primary N) is 1. The topological polar surface area (TPSA) is 84.6 Å². The fraction of sp³-hybridized carbons (Fsp3) is 0.409. The second kappa shape index (κ2) is 10.7. The maximum Gasteiger partial charge on any atom is 0.407 e. The van der Waals surface area contributed by atoms with E-state index < -0.39 is 24.3 Å². The third kappa shape index (κ3) is 7.04. The molecule has 4 N–H and O–H groups in total. The Hall–Kier alpha value is -2.37. The number of aliphatic hydroxyl groups excluding tert-OH is 1. The van der Waals surface area contributed by atoms with E-state index in [0.29, 0.717) is 12.3 Å². The van der Waals surface area contributed by atoms with Crippen molar-refractivity contribution in [2.75, 3.05) is 0 Å². The number of nitrogens with one attached hydrogen (secondary N) is 1. The molecule has 27 heavy (non-hydrogen) atoms. The number of hydrogen-bond acceptors (Lipinski definition) is 4. The van der Waals surface area contributed by atoms with Crippen LogP contribution < -0.4 is 11.1 Å². The monoisotopic (exact) mass is 370 g/mol. The molecule has 0 spiro atoms. The van der Waals surface area contributed by atoms with Crippen molar-refractivity contribution in [2.24, 2.45) is 11.7 Å². The molecule has 0 fully saturated rings. The maximum atomic E-state index is 12.3. The molecule has 2 aromatic rings. The van der Waals surface area contributed by atoms with E-state index in [9.17, 15) is 9.90 Å². The van der Waals surface area contributed by atoms with Gasteiger partial charge in [0.25, 0.3) is 0 Å². The zero-order valence-corrected chi connectivity index (χ0v) is 16.0. The second-order valence-electron chi connectivity index (χ2n) is 7.21. The van der Waals surface area contributed by atoms with Crippen molar-refractivity contribution in [1.29, 1.82) is 0 Å². The van der Waals surface area contributed by atoms with Gasteiger partial charge in [-0.3, -0.25) is 0 Å². The van der Waals surface area contributed by atoms with E-state index in [0.717, 1.165) is 17.5 Å². The zero-order chi connectivity index (χ0) is 19.6. The van der Waals surface area contributed by atoms with Crippen LogP contribution in [0.2, 0.25) is 0 Å². The highest BCUT2D eigenvalue weighted by molar-refractivity contribution is 5.68. The molecule has 2 aromatic carbocycles. The maximum absolute atomic E-state index is 12.3. The molecule has 0 bridgehead atoms. The number of hydrogen-bond donors (Lipinski definition) is 3. The van der Waals surface area contributed by atoms with Gasteiger partial charge in [0.15, 0.2) is 0 Å². The van der Waals surface area contributed by atoms with Crippen LogP contribution in [0.1, 0.15) is 43.9 Å². The minimum absolute atomic E-state index is 0.169. The molecular weight excluding hydrogens is 340 g/mol. The van der Waals surface area contributed by atoms with E-state index in [4.69, 9.17) is 10.5 Å². The van der Waals surface area contributed by atoms with Gasteiger partial charge in [-0.05, 0) is 29.9 Å². The number of benzene rings is 2. The van der Waals surface area contributed by atoms with Gasteiger partial charge in [0.1, 0.15) is 6.61 Å². The lowest BCUT2D eigenvalue weighted by Crippen LogP contribution is -2.50. The van der Waals surface area contributed by atoms with E-state index in [2.05, 4.69) is 19.2 Å². The van der Waals surface area contributed by atoms with Crippen LogP contribution in [0.4, 0.5) is 4.79 Å². The Kier molecular flexibility index (Phi) is 8.30. The molecule has 3 atom stereocenters. The summed E-state index contributed by atoms with van der Waals surface area (Å²) in [7, 11) is 0. The lowest BCUT2D eigenvalue weighted by atomic mass is 9.92. The van der Waals surface area contributed by atoms with Gasteiger partial charge >= 0.3 is 6.09 Å². The number of carbonyl (C=O) groups is 1. The Morgan fingerprint density at radius 2 is 1.63 bits per heavy atom. The Balaban J connectivity index is 2.02. The molecule has 1 amide bonds. The minimum Gasteiger partial charge on any atom is -0.445 e. The normalized spacial score (nSPS) is 14.4. The molecule has 0 aliphatic heterocycles. The summed E-state index contributed by atoms with van der Waals surface area (Å²) in [6.45, 7) is 4.36. The van der Waals surface area contributed by atoms with E-state index in [1.807, 2.05) is 60.7 Å². The predicted molar refractivity (Wildman–Crippen MR) is 107 cm³/mol. The van der Waals surface area contributed by atoms with Gasteiger partial charge in [-0.25, -0.2) is 4.79 Å². The average molecular weight is 370 g/mol. The average Bonchev–Trinajstić information content (AvgIpc) is 2.69. The van der Waals surface area contributed by atoms with Crippen LogP contribution in [0, 0.1) is 5.92 Å². The summed E-state index contributed by atoms with van der Waals surface area (Å²) in [5.74, 6) is 0.457. The number of ether oxygens (including phenoxy) is 1. The quantitative estimate of drug-likeness (QED) is 0.627. The van der Waals surface area contributed by atoms with Crippen molar-refractivity contribution in [2.45, 2.75) is 51.5 Å². The summed E-state index contributed by atoms with van der Waals surface area (Å²) in [6.07, 6.45) is 0.0626. The molecule has 0 aliphatic carbocycles. The Morgan fingerprint density at radius 1 is 1.04 bits per heavy atom. The summed E-state index contributed by atoms with van der Waals surface area (Å²) in [5, 5.41) is 13.4. The molecule has 146 valence electrons. The molecule has 5 nitrogen and oxygen atoms in total. The Morgan fingerprint density at radius 3 is 2.22 bits per heavy atom. The van der Waals surface area contributed by atoms with Crippen molar-refractivity contribution in [3.05, 3.63) is 71.8 Å². The molecule has 0 saturated heterocycles. The number of amides is 1. The van der Waals surface area contributed by atoms with Crippen molar-refractivity contribution in [1.82, 2.24) is 5.32 Å². The highest BCUT2D eigenvalue weighted by Crippen LogP contribution is 2.20. The molecule has 1 unspecified atom stereocenters. The van der Waals surface area contributed by atoms with E-state index in [-0.39, 0.29) is 6.61 Å². The Bertz CT molecular complexity index is 676. The SMILES string of the molecule is CC(C)CC[C@@H](O)[C@@H](NC(=O)OCc1ccccc1)C(N)c1ccccc1. The molecule has 0 heterocycles. The van der Waals surface area contributed by atoms with Crippen LogP contribution in [0.25, 0.3) is 0 Å². The van der Waals surface area contributed by atoms with E-state index in [1.54, 1.807) is 0 Å². The van der Waals surface area contributed by atoms with Crippen molar-refractivity contribution in [3.8, 4) is 0 Å². The van der Waals surface area contributed by atoms with Crippen molar-refractivity contribution < 1.29 is 14.6 Å². The van der Waals surface area contributed by atoms with Crippen molar-refractivity contribution in [3.63, 3.8) is 0 Å². The summed E-state index contributed by atoms with van der Waals surface area (Å²) < 4.78 is 5.30. The van der Waals surface area contributed by atoms with Gasteiger partial charge in [0.2, 0.25) is 0 Å². The highest BCUT2D eigenvalue weighted by Gasteiger charge is 2.29. The van der Waals surface area contributed by atoms with E-state index >= 15 is 0 Å². The first-order valence-corrected chi connectivity index (χ1v) is 9.43. The van der Waals surface area contributed by atoms with Crippen LogP contribution >= 0.6 is 0 Å². The molecule has 0 saturated carbocycles. The smallest absolute Gasteiger partial charge is 0.407 e. The van der Waals surface area contributed by atoms with Gasteiger partial charge in [-0.1, -0.05) is 74.5 Å². The first kappa shape index (κ1) is 20.9. The fourth-order valence-electron chi connectivity index (χ4n) is 2.89. The third-order valence-corrected chi connectivity index (χ3v) is 4.52. The van der Waals surface area contributed by atoms with E-state index in [1.165, 1.54) is 0 Å². The number of carbonyl (C=O) groups excluding carboxylic acids is 1. The summed E-state index contributed by atoms with van der Waals surface area (Å²) in [6, 6.07) is 17.8. The van der Waals surface area contributed by atoms with Gasteiger partial charge < -0.3 is 20.9 Å². The first-order chi connectivity index (χ1) is 13.0. The van der Waals surface area contributed by atoms with Gasteiger partial charge in [-0.15, -0.1) is 0 Å². The molecule has 0 aromatic heterocycles. The van der Waals surface area contributed by atoms with Crippen LogP contribution in [0.5, 0.6) is 0 Å². The third-order valence-electron chi connectivity index (χ3n) is 4.52. The van der Waals surface area contributed by atoms with Crippen LogP contribution in [0.15, 0.2) is 60.7 Å². The molecular formula is C22H30N2O3. The number of rotatable bonds is 9. The molecule has 2 rings (SSSR count). The van der Waals surface area contributed by atoms with Crippen LogP contribution in [0.3, 0.4) is 0 Å². The van der Waals surface area contributed by atoms with Crippen LogP contribution in [-0.4, -0.2) is 23.3 Å². The summed E-state index contributed by atoms with van der Waals surface area (Å²) >= 11 is 0. The summed E-state index contributed by atoms with van der Waals surface area (Å²) in [5.41, 5.74) is 8.13. The van der Waals surface area contributed by atoms with Crippen molar-refractivity contribution >= 4 is 6.09 Å². The minimum atomic E-state index is -0.758. The summed E-state index contributed by atoms with van der Waals surface area (Å²) in [4.78, 5) is 12.3. The fourth-order valence-corrected chi connectivity index (χ4v) is 2.89. The van der Waals surface area contributed by atoms with Gasteiger partial charge in [0, 0.05) is 0 Å². The lowest BCUT2D eigenvalue weighted by molar-refractivity contribution is 0.0842.